The molecule has 0 radical (unpaired) electrons. The molecule has 0 aromatic carbocycles. The van der Waals surface area contributed by atoms with E-state index < -0.39 is 24.4 Å². The Kier molecular flexibility index (Phi) is 4.85. The van der Waals surface area contributed by atoms with Crippen molar-refractivity contribution in [3.63, 3.8) is 0 Å². The molecule has 3 nitrogen and oxygen atoms in total. The molecule has 0 aliphatic carbocycles. The fourth-order valence-corrected chi connectivity index (χ4v) is 6.61. The second kappa shape index (κ2) is 4.79. The molecule has 0 amide bonds. The van der Waals surface area contributed by atoms with Crippen molar-refractivity contribution in [1.82, 2.24) is 0 Å². The summed E-state index contributed by atoms with van der Waals surface area (Å²) < 4.78 is 15.8. The number of rotatable bonds is 4. The molecule has 14 heavy (non-hydrogen) atoms. The van der Waals surface area contributed by atoms with Crippen LogP contribution in [0.25, 0.3) is 0 Å². The van der Waals surface area contributed by atoms with E-state index in [1.165, 1.54) is 0 Å². The summed E-state index contributed by atoms with van der Waals surface area (Å²) in [5, 5.41) is 0.781. The molecule has 1 unspecified atom stereocenters. The molecule has 1 atom stereocenters. The average Bonchev–Trinajstić information content (AvgIpc) is 1.78. The molecule has 0 aromatic rings. The third-order valence-electron chi connectivity index (χ3n) is 1.50. The molecule has 0 saturated heterocycles. The van der Waals surface area contributed by atoms with Crippen molar-refractivity contribution in [3.8, 4) is 0 Å². The van der Waals surface area contributed by atoms with Crippen molar-refractivity contribution in [2.24, 2.45) is 0 Å². The zero-order valence-electron chi connectivity index (χ0n) is 9.84. The van der Waals surface area contributed by atoms with Gasteiger partial charge in [0.05, 0.1) is 13.5 Å². The van der Waals surface area contributed by atoms with Crippen LogP contribution < -0.4 is 0 Å². The van der Waals surface area contributed by atoms with Gasteiger partial charge in [-0.1, -0.05) is 45.0 Å². The van der Waals surface area contributed by atoms with Crippen LogP contribution in [0.3, 0.4) is 0 Å². The molecule has 0 fully saturated rings. The van der Waals surface area contributed by atoms with Crippen molar-refractivity contribution in [3.05, 3.63) is 11.1 Å². The summed E-state index contributed by atoms with van der Waals surface area (Å²) in [7, 11) is -5.85. The Hall–Kier alpha value is 0.164. The van der Waals surface area contributed by atoms with Crippen LogP contribution >= 0.6 is 8.25 Å². The lowest BCUT2D eigenvalue weighted by Gasteiger charge is -2.23. The van der Waals surface area contributed by atoms with Gasteiger partial charge >= 0.3 is 8.25 Å². The minimum Gasteiger partial charge on any atom is -0.437 e. The zero-order chi connectivity index (χ0) is 11.6. The lowest BCUT2D eigenvalue weighted by atomic mass is 11.1. The lowest BCUT2D eigenvalue weighted by molar-refractivity contribution is 0.366. The SMILES string of the molecule is C[Si](C)(C)C=C(O[PH](=O)O)[Si](C)(C)C. The predicted octanol–water partition coefficient (Wildman–Crippen LogP) is 3.02. The van der Waals surface area contributed by atoms with E-state index in [0.717, 1.165) is 5.38 Å². The third kappa shape index (κ3) is 6.59. The predicted molar refractivity (Wildman–Crippen MR) is 67.1 cm³/mol. The Labute approximate surface area is 89.2 Å². The van der Waals surface area contributed by atoms with E-state index in [9.17, 15) is 4.57 Å². The normalized spacial score (nSPS) is 16.6. The van der Waals surface area contributed by atoms with E-state index in [1.54, 1.807) is 0 Å². The molecule has 0 rings (SSSR count). The van der Waals surface area contributed by atoms with Gasteiger partial charge in [0.15, 0.2) is 0 Å². The van der Waals surface area contributed by atoms with Crippen molar-refractivity contribution in [2.75, 3.05) is 0 Å². The van der Waals surface area contributed by atoms with Crippen LogP contribution in [-0.4, -0.2) is 21.0 Å². The van der Waals surface area contributed by atoms with Crippen molar-refractivity contribution >= 4 is 24.4 Å². The maximum Gasteiger partial charge on any atom is 0.364 e. The van der Waals surface area contributed by atoms with Gasteiger partial charge in [-0.25, -0.2) is 4.57 Å². The molecule has 6 heteroatoms. The van der Waals surface area contributed by atoms with E-state index in [1.807, 2.05) is 0 Å². The smallest absolute Gasteiger partial charge is 0.364 e. The van der Waals surface area contributed by atoms with Gasteiger partial charge in [0.25, 0.3) is 0 Å². The molecule has 84 valence electrons. The Morgan fingerprint density at radius 2 is 1.64 bits per heavy atom. The van der Waals surface area contributed by atoms with Gasteiger partial charge in [0, 0.05) is 0 Å². The minimum atomic E-state index is -2.85. The zero-order valence-corrected chi connectivity index (χ0v) is 12.8. The van der Waals surface area contributed by atoms with Crippen molar-refractivity contribution < 1.29 is 14.0 Å². The Balaban J connectivity index is 4.93. The molecule has 0 spiro atoms. The van der Waals surface area contributed by atoms with E-state index in [0.29, 0.717) is 0 Å². The van der Waals surface area contributed by atoms with Crippen molar-refractivity contribution in [1.29, 1.82) is 0 Å². The number of hydrogen-bond donors (Lipinski definition) is 1. The molecule has 0 aliphatic rings. The second-order valence-corrected chi connectivity index (χ2v) is 16.2. The van der Waals surface area contributed by atoms with Gasteiger partial charge in [-0.05, 0) is 0 Å². The molecule has 0 heterocycles. The minimum absolute atomic E-state index is 0.781. The number of hydrogen-bond acceptors (Lipinski definition) is 2. The van der Waals surface area contributed by atoms with E-state index in [-0.39, 0.29) is 0 Å². The summed E-state index contributed by atoms with van der Waals surface area (Å²) in [6.07, 6.45) is 0. The van der Waals surface area contributed by atoms with Gasteiger partial charge in [-0.2, -0.15) is 0 Å². The van der Waals surface area contributed by atoms with Crippen LogP contribution in [0.1, 0.15) is 0 Å². The first-order valence-electron chi connectivity index (χ1n) is 4.66. The molecule has 0 aromatic heterocycles. The van der Waals surface area contributed by atoms with Crippen LogP contribution in [0.15, 0.2) is 11.1 Å². The lowest BCUT2D eigenvalue weighted by Crippen LogP contribution is -2.29. The molecular weight excluding hydrogens is 231 g/mol. The van der Waals surface area contributed by atoms with Crippen LogP contribution in [0.4, 0.5) is 0 Å². The Bertz CT molecular complexity index is 250. The highest BCUT2D eigenvalue weighted by molar-refractivity contribution is 7.32. The van der Waals surface area contributed by atoms with Gasteiger partial charge < -0.3 is 9.42 Å². The maximum absolute atomic E-state index is 10.7. The first-order chi connectivity index (χ1) is 6.02. The first kappa shape index (κ1) is 14.2. The quantitative estimate of drug-likeness (QED) is 0.475. The topological polar surface area (TPSA) is 46.5 Å². The highest BCUT2D eigenvalue weighted by Crippen LogP contribution is 2.28. The molecular formula is C8H21O3PSi2. The van der Waals surface area contributed by atoms with Crippen LogP contribution in [0, 0.1) is 0 Å². The second-order valence-electron chi connectivity index (χ2n) is 5.49. The highest BCUT2D eigenvalue weighted by Gasteiger charge is 2.25. The average molecular weight is 252 g/mol. The van der Waals surface area contributed by atoms with Crippen molar-refractivity contribution in [2.45, 2.75) is 39.3 Å². The van der Waals surface area contributed by atoms with Gasteiger partial charge in [-0.15, -0.1) is 0 Å². The highest BCUT2D eigenvalue weighted by atomic mass is 31.1. The summed E-state index contributed by atoms with van der Waals surface area (Å²) in [4.78, 5) is 8.80. The molecule has 0 aliphatic heterocycles. The van der Waals surface area contributed by atoms with Crippen LogP contribution in [0.5, 0.6) is 0 Å². The summed E-state index contributed by atoms with van der Waals surface area (Å²) in [6.45, 7) is 12.9. The summed E-state index contributed by atoms with van der Waals surface area (Å²) >= 11 is 0. The summed E-state index contributed by atoms with van der Waals surface area (Å²) in [5.41, 5.74) is 2.10. The van der Waals surface area contributed by atoms with E-state index in [2.05, 4.69) is 45.0 Å². The molecule has 0 bridgehead atoms. The first-order valence-corrected chi connectivity index (χ1v) is 13.0. The Morgan fingerprint density at radius 3 is 1.86 bits per heavy atom. The summed E-state index contributed by atoms with van der Waals surface area (Å²) in [5.74, 6) is 0. The largest absolute Gasteiger partial charge is 0.437 e. The van der Waals surface area contributed by atoms with Crippen LogP contribution in [-0.2, 0) is 9.09 Å². The van der Waals surface area contributed by atoms with E-state index >= 15 is 0 Å². The van der Waals surface area contributed by atoms with Gasteiger partial charge in [0.1, 0.15) is 8.07 Å². The fourth-order valence-electron chi connectivity index (χ4n) is 0.886. The third-order valence-corrected chi connectivity index (χ3v) is 5.24. The summed E-state index contributed by atoms with van der Waals surface area (Å²) in [6, 6.07) is 0. The maximum atomic E-state index is 10.7. The molecule has 1 N–H and O–H groups in total. The van der Waals surface area contributed by atoms with E-state index in [4.69, 9.17) is 9.42 Å². The van der Waals surface area contributed by atoms with Gasteiger partial charge in [-0.3, -0.25) is 0 Å². The Morgan fingerprint density at radius 1 is 1.21 bits per heavy atom. The fraction of sp³-hybridized carbons (Fsp3) is 0.750. The van der Waals surface area contributed by atoms with Gasteiger partial charge in [0.2, 0.25) is 0 Å². The standard InChI is InChI=1S/C8H21O3PSi2/c1-13(2,3)7-8(11-12(9)10)14(4,5)6/h7,12H,1-6H3,(H,9,10). The monoisotopic (exact) mass is 252 g/mol. The molecule has 0 saturated carbocycles. The van der Waals surface area contributed by atoms with Crippen LogP contribution in [0.2, 0.25) is 39.3 Å².